The number of methoxy groups -OCH3 is 1. The third-order valence-corrected chi connectivity index (χ3v) is 6.49. The normalized spacial score (nSPS) is 11.2. The van der Waals surface area contributed by atoms with Gasteiger partial charge < -0.3 is 10.1 Å². The van der Waals surface area contributed by atoms with E-state index in [9.17, 15) is 13.2 Å². The Hall–Kier alpha value is -2.68. The van der Waals surface area contributed by atoms with Crippen LogP contribution in [0.5, 0.6) is 5.75 Å². The number of amides is 1. The molecule has 1 aromatic heterocycles. The van der Waals surface area contributed by atoms with Crippen LogP contribution in [0.4, 0.5) is 0 Å². The molecule has 0 saturated carbocycles. The Balaban J connectivity index is 1.60. The average molecular weight is 417 g/mol. The number of sulfonamides is 1. The van der Waals surface area contributed by atoms with E-state index in [2.05, 4.69) is 10.0 Å². The largest absolute Gasteiger partial charge is 0.497 e. The number of carbonyl (C=O) groups is 1. The topological polar surface area (TPSA) is 84.5 Å². The first kappa shape index (κ1) is 20.1. The SMILES string of the molecule is COc1ccc(CNS(=O)(=O)c2csc(C(=O)NCc3ccccc3)c2)cc1. The molecule has 0 aliphatic carbocycles. The van der Waals surface area contributed by atoms with E-state index in [0.29, 0.717) is 17.2 Å². The van der Waals surface area contributed by atoms with Crippen LogP contribution in [0.3, 0.4) is 0 Å². The van der Waals surface area contributed by atoms with Gasteiger partial charge in [0.15, 0.2) is 0 Å². The number of rotatable bonds is 8. The summed E-state index contributed by atoms with van der Waals surface area (Å²) in [6.45, 7) is 0.535. The van der Waals surface area contributed by atoms with Crippen molar-refractivity contribution in [1.29, 1.82) is 0 Å². The van der Waals surface area contributed by atoms with Crippen molar-refractivity contribution in [2.24, 2.45) is 0 Å². The fraction of sp³-hybridized carbons (Fsp3) is 0.150. The Morgan fingerprint density at radius 1 is 1.00 bits per heavy atom. The van der Waals surface area contributed by atoms with Crippen molar-refractivity contribution in [3.63, 3.8) is 0 Å². The first-order chi connectivity index (χ1) is 13.5. The van der Waals surface area contributed by atoms with E-state index in [1.165, 1.54) is 11.4 Å². The van der Waals surface area contributed by atoms with Gasteiger partial charge in [-0.05, 0) is 29.3 Å². The van der Waals surface area contributed by atoms with Crippen molar-refractivity contribution < 1.29 is 17.9 Å². The molecule has 0 bridgehead atoms. The number of thiophene rings is 1. The fourth-order valence-electron chi connectivity index (χ4n) is 2.45. The zero-order chi connectivity index (χ0) is 20.0. The predicted octanol–water partition coefficient (Wildman–Crippen LogP) is 3.17. The highest BCUT2D eigenvalue weighted by Gasteiger charge is 2.18. The van der Waals surface area contributed by atoms with E-state index in [1.807, 2.05) is 30.3 Å². The lowest BCUT2D eigenvalue weighted by Crippen LogP contribution is -2.23. The zero-order valence-corrected chi connectivity index (χ0v) is 16.8. The molecule has 0 aliphatic heterocycles. The molecule has 6 nitrogen and oxygen atoms in total. The van der Waals surface area contributed by atoms with Crippen molar-refractivity contribution in [3.8, 4) is 5.75 Å². The molecule has 3 rings (SSSR count). The molecule has 0 radical (unpaired) electrons. The third kappa shape index (κ3) is 5.19. The summed E-state index contributed by atoms with van der Waals surface area (Å²) in [7, 11) is -2.13. The van der Waals surface area contributed by atoms with E-state index in [4.69, 9.17) is 4.74 Å². The van der Waals surface area contributed by atoms with Gasteiger partial charge in [0.1, 0.15) is 5.75 Å². The molecule has 3 aromatic rings. The Kier molecular flexibility index (Phi) is 6.45. The first-order valence-electron chi connectivity index (χ1n) is 8.51. The van der Waals surface area contributed by atoms with E-state index < -0.39 is 10.0 Å². The second-order valence-electron chi connectivity index (χ2n) is 5.99. The lowest BCUT2D eigenvalue weighted by molar-refractivity contribution is 0.0955. The van der Waals surface area contributed by atoms with Crippen molar-refractivity contribution in [1.82, 2.24) is 10.0 Å². The van der Waals surface area contributed by atoms with E-state index in [1.54, 1.807) is 31.4 Å². The quantitative estimate of drug-likeness (QED) is 0.591. The highest BCUT2D eigenvalue weighted by atomic mass is 32.2. The highest BCUT2D eigenvalue weighted by Crippen LogP contribution is 2.20. The maximum absolute atomic E-state index is 12.5. The van der Waals surface area contributed by atoms with Gasteiger partial charge in [-0.1, -0.05) is 42.5 Å². The molecule has 0 aliphatic rings. The number of carbonyl (C=O) groups excluding carboxylic acids is 1. The number of benzene rings is 2. The van der Waals surface area contributed by atoms with Gasteiger partial charge in [-0.3, -0.25) is 4.79 Å². The van der Waals surface area contributed by atoms with Gasteiger partial charge >= 0.3 is 0 Å². The lowest BCUT2D eigenvalue weighted by Gasteiger charge is -2.06. The molecule has 1 amide bonds. The van der Waals surface area contributed by atoms with Crippen molar-refractivity contribution in [3.05, 3.63) is 82.0 Å². The minimum Gasteiger partial charge on any atom is -0.497 e. The maximum atomic E-state index is 12.5. The van der Waals surface area contributed by atoms with Gasteiger partial charge in [0, 0.05) is 18.5 Å². The summed E-state index contributed by atoms with van der Waals surface area (Å²) in [5.41, 5.74) is 1.78. The number of hydrogen-bond acceptors (Lipinski definition) is 5. The summed E-state index contributed by atoms with van der Waals surface area (Å²) < 4.78 is 32.6. The summed E-state index contributed by atoms with van der Waals surface area (Å²) in [6, 6.07) is 18.0. The van der Waals surface area contributed by atoms with Crippen LogP contribution >= 0.6 is 11.3 Å². The number of ether oxygens (including phenoxy) is 1. The van der Waals surface area contributed by atoms with Gasteiger partial charge in [0.05, 0.1) is 16.9 Å². The molecule has 0 spiro atoms. The van der Waals surface area contributed by atoms with Crippen LogP contribution in [0.2, 0.25) is 0 Å². The molecule has 0 unspecified atom stereocenters. The summed E-state index contributed by atoms with van der Waals surface area (Å²) in [5, 5.41) is 4.26. The monoisotopic (exact) mass is 416 g/mol. The van der Waals surface area contributed by atoms with Gasteiger partial charge in [0.25, 0.3) is 5.91 Å². The summed E-state index contributed by atoms with van der Waals surface area (Å²) in [4.78, 5) is 12.7. The second kappa shape index (κ2) is 9.01. The Labute approximate surface area is 168 Å². The molecule has 2 aromatic carbocycles. The molecule has 0 fully saturated rings. The summed E-state index contributed by atoms with van der Waals surface area (Å²) in [5.74, 6) is 0.404. The summed E-state index contributed by atoms with van der Waals surface area (Å²) >= 11 is 1.10. The van der Waals surface area contributed by atoms with E-state index in [-0.39, 0.29) is 17.3 Å². The summed E-state index contributed by atoms with van der Waals surface area (Å²) in [6.07, 6.45) is 0. The zero-order valence-electron chi connectivity index (χ0n) is 15.2. The van der Waals surface area contributed by atoms with Gasteiger partial charge in [-0.15, -0.1) is 11.3 Å². The minimum absolute atomic E-state index is 0.0795. The molecule has 28 heavy (non-hydrogen) atoms. The van der Waals surface area contributed by atoms with Gasteiger partial charge in [-0.25, -0.2) is 13.1 Å². The van der Waals surface area contributed by atoms with Crippen molar-refractivity contribution in [2.75, 3.05) is 7.11 Å². The lowest BCUT2D eigenvalue weighted by atomic mass is 10.2. The molecule has 1 heterocycles. The molecule has 0 saturated heterocycles. The van der Waals surface area contributed by atoms with Crippen LogP contribution in [0.1, 0.15) is 20.8 Å². The Morgan fingerprint density at radius 2 is 1.68 bits per heavy atom. The number of nitrogens with one attached hydrogen (secondary N) is 2. The molecule has 146 valence electrons. The predicted molar refractivity (Wildman–Crippen MR) is 109 cm³/mol. The van der Waals surface area contributed by atoms with Crippen LogP contribution in [-0.4, -0.2) is 21.4 Å². The second-order valence-corrected chi connectivity index (χ2v) is 8.67. The molecule has 0 atom stereocenters. The average Bonchev–Trinajstić information content (AvgIpc) is 3.23. The highest BCUT2D eigenvalue weighted by molar-refractivity contribution is 7.89. The van der Waals surface area contributed by atoms with Crippen LogP contribution in [0.25, 0.3) is 0 Å². The smallest absolute Gasteiger partial charge is 0.261 e. The maximum Gasteiger partial charge on any atom is 0.261 e. The van der Waals surface area contributed by atoms with Gasteiger partial charge in [-0.2, -0.15) is 0 Å². The minimum atomic E-state index is -3.70. The van der Waals surface area contributed by atoms with Crippen LogP contribution in [0, 0.1) is 0 Å². The van der Waals surface area contributed by atoms with Crippen molar-refractivity contribution >= 4 is 27.3 Å². The molecular weight excluding hydrogens is 396 g/mol. The first-order valence-corrected chi connectivity index (χ1v) is 10.9. The fourth-order valence-corrected chi connectivity index (χ4v) is 4.66. The van der Waals surface area contributed by atoms with Crippen LogP contribution in [-0.2, 0) is 23.1 Å². The molecule has 2 N–H and O–H groups in total. The number of hydrogen-bond donors (Lipinski definition) is 2. The Morgan fingerprint density at radius 3 is 2.36 bits per heavy atom. The van der Waals surface area contributed by atoms with Crippen molar-refractivity contribution in [2.45, 2.75) is 18.0 Å². The van der Waals surface area contributed by atoms with Gasteiger partial charge in [0.2, 0.25) is 10.0 Å². The van der Waals surface area contributed by atoms with Crippen LogP contribution in [0.15, 0.2) is 70.9 Å². The third-order valence-electron chi connectivity index (χ3n) is 4.03. The van der Waals surface area contributed by atoms with Crippen LogP contribution < -0.4 is 14.8 Å². The van der Waals surface area contributed by atoms with E-state index in [0.717, 1.165) is 22.5 Å². The molecule has 8 heteroatoms. The molecular formula is C20H20N2O4S2. The van der Waals surface area contributed by atoms with E-state index >= 15 is 0 Å². The standard InChI is InChI=1S/C20H20N2O4S2/c1-26-17-9-7-16(8-10-17)13-22-28(24,25)18-11-19(27-14-18)20(23)21-12-15-5-3-2-4-6-15/h2-11,14,22H,12-13H2,1H3,(H,21,23). The Bertz CT molecular complexity index is 1030.